The quantitative estimate of drug-likeness (QED) is 0.592. The lowest BCUT2D eigenvalue weighted by atomic mass is 10.2. The zero-order valence-electron chi connectivity index (χ0n) is 15.0. The number of ether oxygens (including phenoxy) is 1. The molecule has 2 N–H and O–H groups in total. The molecule has 1 unspecified atom stereocenters. The van der Waals surface area contributed by atoms with E-state index in [4.69, 9.17) is 9.84 Å². The summed E-state index contributed by atoms with van der Waals surface area (Å²) >= 11 is 1.26. The van der Waals surface area contributed by atoms with Crippen molar-refractivity contribution in [2.45, 2.75) is 36.5 Å². The maximum Gasteiger partial charge on any atom is 0.328 e. The van der Waals surface area contributed by atoms with E-state index in [1.807, 2.05) is 30.3 Å². The van der Waals surface area contributed by atoms with Crippen molar-refractivity contribution < 1.29 is 19.4 Å². The summed E-state index contributed by atoms with van der Waals surface area (Å²) < 4.78 is 6.87. The van der Waals surface area contributed by atoms with Crippen LogP contribution in [0.5, 0.6) is 0 Å². The number of amides is 1. The van der Waals surface area contributed by atoms with Gasteiger partial charge in [-0.05, 0) is 18.4 Å². The fourth-order valence-electron chi connectivity index (χ4n) is 2.67. The number of carbonyl (C=O) groups excluding carboxylic acids is 1. The highest BCUT2D eigenvalue weighted by Gasteiger charge is 2.30. The molecule has 1 aliphatic carbocycles. The number of carbonyl (C=O) groups is 2. The van der Waals surface area contributed by atoms with Crippen LogP contribution in [0, 0.1) is 0 Å². The standard InChI is InChI=1S/C18H22N4O4S/c1-26-10-14(17(24)25)19-15(23)11-27-18-21-20-16(13-7-8-13)22(18)9-12-5-3-2-4-6-12/h2-6,13-14H,7-11H2,1H3,(H,19,23)(H,24,25). The van der Waals surface area contributed by atoms with E-state index in [0.29, 0.717) is 17.6 Å². The first-order valence-corrected chi connectivity index (χ1v) is 9.68. The van der Waals surface area contributed by atoms with E-state index in [1.54, 1.807) is 0 Å². The average Bonchev–Trinajstić information content (AvgIpc) is 3.42. The van der Waals surface area contributed by atoms with Crippen LogP contribution in [0.15, 0.2) is 35.5 Å². The molecule has 0 saturated heterocycles. The van der Waals surface area contributed by atoms with Gasteiger partial charge in [-0.1, -0.05) is 42.1 Å². The average molecular weight is 390 g/mol. The topological polar surface area (TPSA) is 106 Å². The molecule has 0 aliphatic heterocycles. The Hall–Kier alpha value is -2.39. The SMILES string of the molecule is COCC(NC(=O)CSc1nnc(C2CC2)n1Cc1ccccc1)C(=O)O. The van der Waals surface area contributed by atoms with Gasteiger partial charge in [-0.3, -0.25) is 4.79 Å². The molecule has 1 aromatic heterocycles. The zero-order valence-corrected chi connectivity index (χ0v) is 15.8. The molecule has 1 heterocycles. The summed E-state index contributed by atoms with van der Waals surface area (Å²) in [6.07, 6.45) is 2.21. The molecule has 1 aliphatic rings. The van der Waals surface area contributed by atoms with Crippen molar-refractivity contribution in [2.24, 2.45) is 0 Å². The van der Waals surface area contributed by atoms with E-state index in [1.165, 1.54) is 18.9 Å². The minimum absolute atomic E-state index is 0.0606. The van der Waals surface area contributed by atoms with Crippen LogP contribution >= 0.6 is 11.8 Å². The van der Waals surface area contributed by atoms with Gasteiger partial charge in [0.1, 0.15) is 5.82 Å². The zero-order chi connectivity index (χ0) is 19.2. The van der Waals surface area contributed by atoms with Gasteiger partial charge in [0, 0.05) is 13.0 Å². The normalized spacial score (nSPS) is 14.7. The van der Waals surface area contributed by atoms with Crippen LogP contribution in [0.1, 0.15) is 30.1 Å². The van der Waals surface area contributed by atoms with Crippen molar-refractivity contribution in [1.29, 1.82) is 0 Å². The number of carboxylic acid groups (broad SMARTS) is 1. The Labute approximate surface area is 161 Å². The fraction of sp³-hybridized carbons (Fsp3) is 0.444. The number of hydrogen-bond acceptors (Lipinski definition) is 6. The number of thioether (sulfide) groups is 1. The summed E-state index contributed by atoms with van der Waals surface area (Å²) in [5.74, 6) is -0.0670. The maximum absolute atomic E-state index is 12.1. The van der Waals surface area contributed by atoms with E-state index in [-0.39, 0.29) is 18.3 Å². The van der Waals surface area contributed by atoms with Crippen LogP contribution in [0.3, 0.4) is 0 Å². The monoisotopic (exact) mass is 390 g/mol. The molecule has 27 heavy (non-hydrogen) atoms. The highest BCUT2D eigenvalue weighted by Crippen LogP contribution is 2.40. The third kappa shape index (κ3) is 5.30. The number of aliphatic carboxylic acids is 1. The van der Waals surface area contributed by atoms with Gasteiger partial charge in [0.15, 0.2) is 11.2 Å². The van der Waals surface area contributed by atoms with Gasteiger partial charge < -0.3 is 19.7 Å². The van der Waals surface area contributed by atoms with Crippen molar-refractivity contribution in [1.82, 2.24) is 20.1 Å². The first-order valence-electron chi connectivity index (χ1n) is 8.69. The van der Waals surface area contributed by atoms with Crippen LogP contribution in [0.25, 0.3) is 0 Å². The molecule has 0 radical (unpaired) electrons. The molecule has 9 heteroatoms. The Kier molecular flexibility index (Phi) is 6.46. The molecule has 0 spiro atoms. The van der Waals surface area contributed by atoms with Gasteiger partial charge >= 0.3 is 5.97 Å². The molecule has 1 fully saturated rings. The lowest BCUT2D eigenvalue weighted by molar-refractivity contribution is -0.142. The number of aromatic nitrogens is 3. The second-order valence-electron chi connectivity index (χ2n) is 6.39. The summed E-state index contributed by atoms with van der Waals surface area (Å²) in [6, 6.07) is 8.96. The largest absolute Gasteiger partial charge is 0.480 e. The van der Waals surface area contributed by atoms with E-state index < -0.39 is 12.0 Å². The summed E-state index contributed by atoms with van der Waals surface area (Å²) in [5.41, 5.74) is 1.14. The third-order valence-corrected chi connectivity index (χ3v) is 5.14. The van der Waals surface area contributed by atoms with Crippen LogP contribution in [0.4, 0.5) is 0 Å². The number of methoxy groups -OCH3 is 1. The second-order valence-corrected chi connectivity index (χ2v) is 7.33. The smallest absolute Gasteiger partial charge is 0.328 e. The molecule has 3 rings (SSSR count). The Bertz CT molecular complexity index is 792. The summed E-state index contributed by atoms with van der Waals surface area (Å²) in [7, 11) is 1.39. The van der Waals surface area contributed by atoms with Crippen LogP contribution in [0.2, 0.25) is 0 Å². The van der Waals surface area contributed by atoms with Gasteiger partial charge in [0.05, 0.1) is 18.9 Å². The van der Waals surface area contributed by atoms with E-state index >= 15 is 0 Å². The maximum atomic E-state index is 12.1. The minimum Gasteiger partial charge on any atom is -0.480 e. The predicted octanol–water partition coefficient (Wildman–Crippen LogP) is 1.51. The van der Waals surface area contributed by atoms with Crippen LogP contribution in [-0.2, 0) is 20.9 Å². The first-order chi connectivity index (χ1) is 13.1. The molecule has 1 aromatic carbocycles. The molecule has 2 aromatic rings. The van der Waals surface area contributed by atoms with Gasteiger partial charge in [0.25, 0.3) is 0 Å². The number of rotatable bonds is 10. The molecule has 1 saturated carbocycles. The minimum atomic E-state index is -1.13. The predicted molar refractivity (Wildman–Crippen MR) is 99.7 cm³/mol. The van der Waals surface area contributed by atoms with Gasteiger partial charge in [0.2, 0.25) is 5.91 Å². The molecule has 8 nitrogen and oxygen atoms in total. The van der Waals surface area contributed by atoms with Crippen molar-refractivity contribution in [2.75, 3.05) is 19.5 Å². The molecule has 1 amide bonds. The molecule has 1 atom stereocenters. The highest BCUT2D eigenvalue weighted by molar-refractivity contribution is 7.99. The van der Waals surface area contributed by atoms with Crippen molar-refractivity contribution >= 4 is 23.6 Å². The molecular weight excluding hydrogens is 368 g/mol. The Morgan fingerprint density at radius 1 is 1.33 bits per heavy atom. The molecular formula is C18H22N4O4S. The summed E-state index contributed by atoms with van der Waals surface area (Å²) in [6.45, 7) is 0.562. The van der Waals surface area contributed by atoms with Gasteiger partial charge in [-0.25, -0.2) is 4.79 Å². The van der Waals surface area contributed by atoms with Crippen molar-refractivity contribution in [3.8, 4) is 0 Å². The fourth-order valence-corrected chi connectivity index (χ4v) is 3.43. The Morgan fingerprint density at radius 2 is 2.07 bits per heavy atom. The Morgan fingerprint density at radius 3 is 2.70 bits per heavy atom. The number of nitrogens with zero attached hydrogens (tertiary/aromatic N) is 3. The second kappa shape index (κ2) is 9.01. The Balaban J connectivity index is 1.66. The highest BCUT2D eigenvalue weighted by atomic mass is 32.2. The van der Waals surface area contributed by atoms with Crippen molar-refractivity contribution in [3.05, 3.63) is 41.7 Å². The van der Waals surface area contributed by atoms with Crippen LogP contribution < -0.4 is 5.32 Å². The van der Waals surface area contributed by atoms with Gasteiger partial charge in [-0.15, -0.1) is 10.2 Å². The van der Waals surface area contributed by atoms with E-state index in [0.717, 1.165) is 24.2 Å². The summed E-state index contributed by atoms with van der Waals surface area (Å²) in [5, 5.41) is 20.8. The third-order valence-electron chi connectivity index (χ3n) is 4.17. The number of carboxylic acids is 1. The molecule has 0 bridgehead atoms. The van der Waals surface area contributed by atoms with E-state index in [9.17, 15) is 9.59 Å². The lowest BCUT2D eigenvalue weighted by Gasteiger charge is -2.13. The number of hydrogen-bond donors (Lipinski definition) is 2. The first kappa shape index (κ1) is 19.4. The summed E-state index contributed by atoms with van der Waals surface area (Å²) in [4.78, 5) is 23.2. The lowest BCUT2D eigenvalue weighted by Crippen LogP contribution is -2.44. The number of benzene rings is 1. The van der Waals surface area contributed by atoms with E-state index in [2.05, 4.69) is 20.1 Å². The van der Waals surface area contributed by atoms with Gasteiger partial charge in [-0.2, -0.15) is 0 Å². The van der Waals surface area contributed by atoms with Crippen LogP contribution in [-0.4, -0.2) is 57.3 Å². The molecule has 144 valence electrons. The van der Waals surface area contributed by atoms with Crippen molar-refractivity contribution in [3.63, 3.8) is 0 Å². The number of nitrogens with one attached hydrogen (secondary N) is 1.